The van der Waals surface area contributed by atoms with Crippen LogP contribution in [0.2, 0.25) is 0 Å². The number of urea groups is 1. The van der Waals surface area contributed by atoms with Crippen LogP contribution in [0.4, 0.5) is 9.80 Å². The predicted molar refractivity (Wildman–Crippen MR) is 73.5 cm³/mol. The van der Waals surface area contributed by atoms with Crippen molar-refractivity contribution in [2.24, 2.45) is 5.73 Å². The fourth-order valence-electron chi connectivity index (χ4n) is 1.98. The number of ether oxygens (including phenoxy) is 1. The van der Waals surface area contributed by atoms with Crippen molar-refractivity contribution in [1.82, 2.24) is 5.32 Å². The summed E-state index contributed by atoms with van der Waals surface area (Å²) in [7, 11) is 0. The Hall–Kier alpha value is -1.60. The van der Waals surface area contributed by atoms with Gasteiger partial charge in [0.2, 0.25) is 0 Å². The Kier molecular flexibility index (Phi) is 4.06. The van der Waals surface area contributed by atoms with Crippen molar-refractivity contribution >= 4 is 28.3 Å². The minimum Gasteiger partial charge on any atom is -0.376 e. The van der Waals surface area contributed by atoms with E-state index >= 15 is 0 Å². The number of carbonyl (C=O) groups is 2. The molecule has 0 atom stereocenters. The second-order valence-corrected chi connectivity index (χ2v) is 5.73. The van der Waals surface area contributed by atoms with Gasteiger partial charge in [0.05, 0.1) is 18.8 Å². The van der Waals surface area contributed by atoms with Gasteiger partial charge in [0.15, 0.2) is 0 Å². The number of nitrogens with two attached hydrogens (primary N) is 1. The number of rotatable bonds is 3. The maximum atomic E-state index is 11.7. The second-order valence-electron chi connectivity index (χ2n) is 4.63. The molecule has 0 saturated heterocycles. The highest BCUT2D eigenvalue weighted by atomic mass is 32.1. The van der Waals surface area contributed by atoms with Crippen LogP contribution in [0.1, 0.15) is 34.6 Å². The quantitative estimate of drug-likeness (QED) is 0.783. The van der Waals surface area contributed by atoms with Crippen LogP contribution < -0.4 is 16.4 Å². The molecule has 0 saturated carbocycles. The third kappa shape index (κ3) is 3.05. The molecule has 0 radical (unpaired) electrons. The number of nitrogens with one attached hydrogen (secondary N) is 2. The van der Waals surface area contributed by atoms with Gasteiger partial charge in [-0.25, -0.2) is 4.79 Å². The highest BCUT2D eigenvalue weighted by Gasteiger charge is 2.25. The van der Waals surface area contributed by atoms with Gasteiger partial charge in [0, 0.05) is 10.9 Å². The third-order valence-corrected chi connectivity index (χ3v) is 3.83. The summed E-state index contributed by atoms with van der Waals surface area (Å²) in [5.41, 5.74) is 6.74. The molecule has 1 aliphatic rings. The van der Waals surface area contributed by atoms with Crippen molar-refractivity contribution in [3.8, 4) is 0 Å². The summed E-state index contributed by atoms with van der Waals surface area (Å²) in [5.74, 6) is -0.515. The van der Waals surface area contributed by atoms with Gasteiger partial charge in [-0.15, -0.1) is 11.3 Å². The summed E-state index contributed by atoms with van der Waals surface area (Å²) in [4.78, 5) is 24.2. The van der Waals surface area contributed by atoms with Crippen LogP contribution in [0.15, 0.2) is 0 Å². The monoisotopic (exact) mass is 283 g/mol. The van der Waals surface area contributed by atoms with Crippen LogP contribution in [-0.4, -0.2) is 24.6 Å². The fraction of sp³-hybridized carbons (Fsp3) is 0.500. The molecule has 1 aliphatic heterocycles. The summed E-state index contributed by atoms with van der Waals surface area (Å²) >= 11 is 1.35. The molecule has 4 N–H and O–H groups in total. The normalized spacial score (nSPS) is 14.1. The molecular weight excluding hydrogens is 266 g/mol. The van der Waals surface area contributed by atoms with Crippen LogP contribution in [-0.2, 0) is 17.8 Å². The van der Waals surface area contributed by atoms with E-state index in [2.05, 4.69) is 10.6 Å². The summed E-state index contributed by atoms with van der Waals surface area (Å²) in [6, 6.07) is -0.313. The second kappa shape index (κ2) is 5.58. The first kappa shape index (κ1) is 13.8. The van der Waals surface area contributed by atoms with Gasteiger partial charge in [-0.3, -0.25) is 10.1 Å². The summed E-state index contributed by atoms with van der Waals surface area (Å²) in [6.07, 6.45) is 0.650. The number of thiophene rings is 1. The summed E-state index contributed by atoms with van der Waals surface area (Å²) < 4.78 is 5.34. The van der Waals surface area contributed by atoms with Crippen LogP contribution in [0.25, 0.3) is 0 Å². The molecule has 0 spiro atoms. The Bertz CT molecular complexity index is 511. The molecule has 0 fully saturated rings. The Balaban J connectivity index is 2.27. The fourth-order valence-corrected chi connectivity index (χ4v) is 3.17. The first-order valence-corrected chi connectivity index (χ1v) is 6.90. The number of carbonyl (C=O) groups excluding carboxylic acids is 2. The minimum absolute atomic E-state index is 0.0231. The van der Waals surface area contributed by atoms with Crippen LogP contribution in [0, 0.1) is 0 Å². The minimum atomic E-state index is -0.515. The maximum absolute atomic E-state index is 11.7. The first-order valence-electron chi connectivity index (χ1n) is 6.08. The van der Waals surface area contributed by atoms with E-state index in [1.54, 1.807) is 0 Å². The highest BCUT2D eigenvalue weighted by molar-refractivity contribution is 7.17. The lowest BCUT2D eigenvalue weighted by atomic mass is 10.1. The molecule has 104 valence electrons. The summed E-state index contributed by atoms with van der Waals surface area (Å²) in [6.45, 7) is 4.76. The van der Waals surface area contributed by atoms with E-state index in [9.17, 15) is 9.59 Å². The molecule has 0 unspecified atom stereocenters. The van der Waals surface area contributed by atoms with Crippen molar-refractivity contribution in [2.45, 2.75) is 32.9 Å². The van der Waals surface area contributed by atoms with Gasteiger partial charge < -0.3 is 15.8 Å². The Labute approximate surface area is 115 Å². The van der Waals surface area contributed by atoms with Crippen molar-refractivity contribution < 1.29 is 14.3 Å². The van der Waals surface area contributed by atoms with Crippen molar-refractivity contribution in [3.63, 3.8) is 0 Å². The molecule has 2 heterocycles. The van der Waals surface area contributed by atoms with Crippen LogP contribution >= 0.6 is 11.3 Å². The molecule has 6 nitrogen and oxygen atoms in total. The Morgan fingerprint density at radius 2 is 2.16 bits per heavy atom. The molecule has 0 aromatic carbocycles. The van der Waals surface area contributed by atoms with E-state index in [0.29, 0.717) is 30.2 Å². The zero-order valence-corrected chi connectivity index (χ0v) is 11.7. The van der Waals surface area contributed by atoms with Gasteiger partial charge in [-0.2, -0.15) is 0 Å². The zero-order chi connectivity index (χ0) is 14.0. The number of anilines is 1. The van der Waals surface area contributed by atoms with Gasteiger partial charge in [-0.1, -0.05) is 0 Å². The molecule has 7 heteroatoms. The third-order valence-electron chi connectivity index (χ3n) is 2.71. The van der Waals surface area contributed by atoms with E-state index in [1.807, 2.05) is 13.8 Å². The molecule has 0 bridgehead atoms. The van der Waals surface area contributed by atoms with E-state index in [1.165, 1.54) is 11.3 Å². The molecule has 0 aliphatic carbocycles. The van der Waals surface area contributed by atoms with Gasteiger partial charge >= 0.3 is 6.03 Å². The number of hydrogen-bond acceptors (Lipinski definition) is 4. The van der Waals surface area contributed by atoms with Gasteiger partial charge in [-0.05, 0) is 25.8 Å². The smallest absolute Gasteiger partial charge is 0.320 e. The largest absolute Gasteiger partial charge is 0.376 e. The Morgan fingerprint density at radius 3 is 2.79 bits per heavy atom. The highest BCUT2D eigenvalue weighted by Crippen LogP contribution is 2.36. The van der Waals surface area contributed by atoms with E-state index < -0.39 is 5.91 Å². The van der Waals surface area contributed by atoms with Crippen molar-refractivity contribution in [2.75, 3.05) is 11.9 Å². The SMILES string of the molecule is CC(C)NC(=O)Nc1sc2c(c1C(N)=O)CCOC2. The summed E-state index contributed by atoms with van der Waals surface area (Å²) in [5, 5.41) is 5.90. The lowest BCUT2D eigenvalue weighted by Crippen LogP contribution is -2.34. The average molecular weight is 283 g/mol. The molecular formula is C12H17N3O3S. The van der Waals surface area contributed by atoms with Crippen molar-refractivity contribution in [3.05, 3.63) is 16.0 Å². The predicted octanol–water partition coefficient (Wildman–Crippen LogP) is 1.45. The standard InChI is InChI=1S/C12H17N3O3S/c1-6(2)14-12(17)15-11-9(10(13)16)7-3-4-18-5-8(7)19-11/h6H,3-5H2,1-2H3,(H2,13,16)(H2,14,15,17). The topological polar surface area (TPSA) is 93.5 Å². The van der Waals surface area contributed by atoms with E-state index in [-0.39, 0.29) is 12.1 Å². The molecule has 1 aromatic rings. The molecule has 3 amide bonds. The van der Waals surface area contributed by atoms with Crippen molar-refractivity contribution in [1.29, 1.82) is 0 Å². The first-order chi connectivity index (χ1) is 8.99. The van der Waals surface area contributed by atoms with E-state index in [0.717, 1.165) is 10.4 Å². The number of hydrogen-bond donors (Lipinski definition) is 3. The lowest BCUT2D eigenvalue weighted by molar-refractivity contribution is 0.0991. The molecule has 2 rings (SSSR count). The Morgan fingerprint density at radius 1 is 1.42 bits per heavy atom. The van der Waals surface area contributed by atoms with Crippen LogP contribution in [0.5, 0.6) is 0 Å². The van der Waals surface area contributed by atoms with Crippen LogP contribution in [0.3, 0.4) is 0 Å². The maximum Gasteiger partial charge on any atom is 0.320 e. The number of fused-ring (bicyclic) bond motifs is 1. The van der Waals surface area contributed by atoms with Gasteiger partial charge in [0.1, 0.15) is 5.00 Å². The molecule has 19 heavy (non-hydrogen) atoms. The van der Waals surface area contributed by atoms with Gasteiger partial charge in [0.25, 0.3) is 5.91 Å². The number of amides is 3. The lowest BCUT2D eigenvalue weighted by Gasteiger charge is -2.12. The van der Waals surface area contributed by atoms with E-state index in [4.69, 9.17) is 10.5 Å². The number of primary amides is 1. The molecule has 1 aromatic heterocycles. The zero-order valence-electron chi connectivity index (χ0n) is 10.9. The average Bonchev–Trinajstić information content (AvgIpc) is 2.64.